The molecule has 2 atom stereocenters. The van der Waals surface area contributed by atoms with E-state index in [0.717, 1.165) is 5.56 Å². The topological polar surface area (TPSA) is 66.8 Å². The first-order chi connectivity index (χ1) is 9.10. The summed E-state index contributed by atoms with van der Waals surface area (Å²) in [6, 6.07) is 6.80. The van der Waals surface area contributed by atoms with Crippen LogP contribution in [0.4, 0.5) is 0 Å². The zero-order valence-electron chi connectivity index (χ0n) is 11.0. The normalized spacial score (nSPS) is 22.6. The third-order valence-corrected chi connectivity index (χ3v) is 3.55. The fourth-order valence-electron chi connectivity index (χ4n) is 2.68. The van der Waals surface area contributed by atoms with E-state index in [0.29, 0.717) is 12.3 Å². The molecule has 0 radical (unpaired) electrons. The molecule has 102 valence electrons. The van der Waals surface area contributed by atoms with Gasteiger partial charge in [-0.2, -0.15) is 0 Å². The second kappa shape index (κ2) is 5.30. The molecule has 2 unspecified atom stereocenters. The van der Waals surface area contributed by atoms with Crippen LogP contribution >= 0.6 is 0 Å². The Morgan fingerprint density at radius 3 is 2.74 bits per heavy atom. The minimum absolute atomic E-state index is 0.0475. The maximum absolute atomic E-state index is 11.9. The van der Waals surface area contributed by atoms with Crippen LogP contribution in [-0.2, 0) is 9.59 Å². The highest BCUT2D eigenvalue weighted by atomic mass is 16.5. The zero-order valence-corrected chi connectivity index (χ0v) is 11.0. The average Bonchev–Trinajstić information content (AvgIpc) is 2.75. The number of carboxylic acid groups (broad SMARTS) is 1. The summed E-state index contributed by atoms with van der Waals surface area (Å²) in [7, 11) is 1.54. The molecule has 1 aliphatic heterocycles. The highest BCUT2D eigenvalue weighted by Crippen LogP contribution is 2.41. The molecule has 1 fully saturated rings. The standard InChI is InChI=1S/C14H17NO4/c1-3-15-12(16)8-10(14(17)18)13(15)9-6-4-5-7-11(9)19-2/h4-7,10,13H,3,8H2,1-2H3,(H,17,18). The van der Waals surface area contributed by atoms with Crippen LogP contribution in [0.5, 0.6) is 5.75 Å². The number of carboxylic acids is 1. The molecular formula is C14H17NO4. The van der Waals surface area contributed by atoms with Crippen molar-refractivity contribution >= 4 is 11.9 Å². The quantitative estimate of drug-likeness (QED) is 0.897. The molecule has 5 nitrogen and oxygen atoms in total. The molecule has 0 saturated carbocycles. The maximum atomic E-state index is 11.9. The third kappa shape index (κ3) is 2.28. The molecule has 0 bridgehead atoms. The van der Waals surface area contributed by atoms with Crippen molar-refractivity contribution in [1.82, 2.24) is 4.90 Å². The summed E-state index contributed by atoms with van der Waals surface area (Å²) < 4.78 is 5.28. The van der Waals surface area contributed by atoms with Gasteiger partial charge < -0.3 is 14.7 Å². The number of rotatable bonds is 4. The fourth-order valence-corrected chi connectivity index (χ4v) is 2.68. The number of carbonyl (C=O) groups is 2. The number of carbonyl (C=O) groups excluding carboxylic acids is 1. The van der Waals surface area contributed by atoms with Crippen molar-refractivity contribution in [2.45, 2.75) is 19.4 Å². The van der Waals surface area contributed by atoms with Gasteiger partial charge in [-0.1, -0.05) is 18.2 Å². The Balaban J connectivity index is 2.48. The van der Waals surface area contributed by atoms with E-state index < -0.39 is 17.9 Å². The van der Waals surface area contributed by atoms with Crippen LogP contribution in [0.25, 0.3) is 0 Å². The lowest BCUT2D eigenvalue weighted by Gasteiger charge is -2.27. The smallest absolute Gasteiger partial charge is 0.309 e. The lowest BCUT2D eigenvalue weighted by Crippen LogP contribution is -2.30. The highest BCUT2D eigenvalue weighted by molar-refractivity contribution is 5.87. The van der Waals surface area contributed by atoms with Crippen molar-refractivity contribution < 1.29 is 19.4 Å². The fraction of sp³-hybridized carbons (Fsp3) is 0.429. The molecule has 2 rings (SSSR count). The van der Waals surface area contributed by atoms with E-state index in [2.05, 4.69) is 0 Å². The van der Waals surface area contributed by atoms with E-state index in [1.807, 2.05) is 25.1 Å². The van der Waals surface area contributed by atoms with Crippen molar-refractivity contribution in [1.29, 1.82) is 0 Å². The minimum atomic E-state index is -0.944. The van der Waals surface area contributed by atoms with Crippen LogP contribution in [-0.4, -0.2) is 35.5 Å². The molecule has 1 aromatic rings. The largest absolute Gasteiger partial charge is 0.496 e. The Bertz CT molecular complexity index is 500. The molecule has 1 saturated heterocycles. The number of benzene rings is 1. The Hall–Kier alpha value is -2.04. The van der Waals surface area contributed by atoms with Gasteiger partial charge >= 0.3 is 5.97 Å². The van der Waals surface area contributed by atoms with E-state index >= 15 is 0 Å². The maximum Gasteiger partial charge on any atom is 0.309 e. The molecule has 5 heteroatoms. The van der Waals surface area contributed by atoms with Gasteiger partial charge in [0.25, 0.3) is 0 Å². The molecule has 1 N–H and O–H groups in total. The molecule has 1 aliphatic rings. The zero-order chi connectivity index (χ0) is 14.0. The number of methoxy groups -OCH3 is 1. The molecule has 1 heterocycles. The van der Waals surface area contributed by atoms with Gasteiger partial charge in [0, 0.05) is 18.5 Å². The monoisotopic (exact) mass is 263 g/mol. The Kier molecular flexibility index (Phi) is 3.74. The highest BCUT2D eigenvalue weighted by Gasteiger charge is 2.44. The van der Waals surface area contributed by atoms with Crippen LogP contribution in [0.3, 0.4) is 0 Å². The average molecular weight is 263 g/mol. The van der Waals surface area contributed by atoms with E-state index in [4.69, 9.17) is 4.74 Å². The SMILES string of the molecule is CCN1C(=O)CC(C(=O)O)C1c1ccccc1OC. The predicted molar refractivity (Wildman–Crippen MR) is 68.9 cm³/mol. The number of nitrogens with zero attached hydrogens (tertiary/aromatic N) is 1. The van der Waals surface area contributed by atoms with E-state index in [9.17, 15) is 14.7 Å². The second-order valence-corrected chi connectivity index (χ2v) is 4.52. The number of likely N-dealkylation sites (tertiary alicyclic amines) is 1. The van der Waals surface area contributed by atoms with Crippen LogP contribution in [0.2, 0.25) is 0 Å². The van der Waals surface area contributed by atoms with Gasteiger partial charge in [0.1, 0.15) is 5.75 Å². The molecule has 0 aromatic heterocycles. The number of hydrogen-bond acceptors (Lipinski definition) is 3. The molecule has 0 spiro atoms. The number of ether oxygens (including phenoxy) is 1. The molecule has 1 aromatic carbocycles. The summed E-state index contributed by atoms with van der Waals surface area (Å²) in [6.07, 6.45) is 0.0475. The molecule has 0 aliphatic carbocycles. The number of amides is 1. The van der Waals surface area contributed by atoms with E-state index in [-0.39, 0.29) is 12.3 Å². The lowest BCUT2D eigenvalue weighted by molar-refractivity contribution is -0.142. The Morgan fingerprint density at radius 2 is 2.16 bits per heavy atom. The van der Waals surface area contributed by atoms with Gasteiger partial charge in [-0.25, -0.2) is 0 Å². The predicted octanol–water partition coefficient (Wildman–Crippen LogP) is 1.69. The third-order valence-electron chi connectivity index (χ3n) is 3.55. The minimum Gasteiger partial charge on any atom is -0.496 e. The number of para-hydroxylation sites is 1. The molecule has 1 amide bonds. The number of hydrogen-bond donors (Lipinski definition) is 1. The van der Waals surface area contributed by atoms with Crippen molar-refractivity contribution in [3.05, 3.63) is 29.8 Å². The Morgan fingerprint density at radius 1 is 1.47 bits per heavy atom. The first-order valence-corrected chi connectivity index (χ1v) is 6.25. The summed E-state index contributed by atoms with van der Waals surface area (Å²) in [5.74, 6) is -1.17. The Labute approximate surface area is 111 Å². The van der Waals surface area contributed by atoms with Crippen molar-refractivity contribution in [2.75, 3.05) is 13.7 Å². The molecular weight excluding hydrogens is 246 g/mol. The van der Waals surface area contributed by atoms with Gasteiger partial charge in [0.15, 0.2) is 0 Å². The van der Waals surface area contributed by atoms with Gasteiger partial charge in [0.05, 0.1) is 19.1 Å². The summed E-state index contributed by atoms with van der Waals surface area (Å²) >= 11 is 0. The van der Waals surface area contributed by atoms with Gasteiger partial charge in [-0.05, 0) is 13.0 Å². The van der Waals surface area contributed by atoms with Crippen LogP contribution < -0.4 is 4.74 Å². The summed E-state index contributed by atoms with van der Waals surface area (Å²) in [5, 5.41) is 9.32. The summed E-state index contributed by atoms with van der Waals surface area (Å²) in [4.78, 5) is 24.9. The van der Waals surface area contributed by atoms with Gasteiger partial charge in [-0.15, -0.1) is 0 Å². The van der Waals surface area contributed by atoms with Crippen molar-refractivity contribution in [2.24, 2.45) is 5.92 Å². The first kappa shape index (κ1) is 13.4. The first-order valence-electron chi connectivity index (χ1n) is 6.25. The molecule has 19 heavy (non-hydrogen) atoms. The van der Waals surface area contributed by atoms with Gasteiger partial charge in [0.2, 0.25) is 5.91 Å². The van der Waals surface area contributed by atoms with Crippen LogP contribution in [0.15, 0.2) is 24.3 Å². The summed E-state index contributed by atoms with van der Waals surface area (Å²) in [5.41, 5.74) is 0.755. The summed E-state index contributed by atoms with van der Waals surface area (Å²) in [6.45, 7) is 2.34. The van der Waals surface area contributed by atoms with Crippen LogP contribution in [0.1, 0.15) is 24.9 Å². The number of aliphatic carboxylic acids is 1. The van der Waals surface area contributed by atoms with Crippen LogP contribution in [0, 0.1) is 5.92 Å². The van der Waals surface area contributed by atoms with Gasteiger partial charge in [-0.3, -0.25) is 9.59 Å². The van der Waals surface area contributed by atoms with E-state index in [1.54, 1.807) is 18.1 Å². The van der Waals surface area contributed by atoms with E-state index in [1.165, 1.54) is 0 Å². The van der Waals surface area contributed by atoms with Crippen molar-refractivity contribution in [3.8, 4) is 5.75 Å². The lowest BCUT2D eigenvalue weighted by atomic mass is 9.93. The second-order valence-electron chi connectivity index (χ2n) is 4.52. The van der Waals surface area contributed by atoms with Crippen molar-refractivity contribution in [3.63, 3.8) is 0 Å².